The molecule has 2 atom stereocenters. The van der Waals surface area contributed by atoms with E-state index in [4.69, 9.17) is 0 Å². The second kappa shape index (κ2) is 3.34. The van der Waals surface area contributed by atoms with E-state index in [2.05, 4.69) is 15.9 Å². The van der Waals surface area contributed by atoms with Crippen LogP contribution in [0.3, 0.4) is 0 Å². The number of hydrogen-bond donors (Lipinski definition) is 0. The lowest BCUT2D eigenvalue weighted by molar-refractivity contribution is -0.128. The Hall–Kier alpha value is -0.360. The van der Waals surface area contributed by atoms with E-state index in [1.54, 1.807) is 11.0 Å². The van der Waals surface area contributed by atoms with Gasteiger partial charge in [0.05, 0.1) is 16.6 Å². The quantitative estimate of drug-likeness (QED) is 0.649. The number of sulfone groups is 1. The number of likely N-dealkylation sites (tertiary alicyclic amines) is 1. The van der Waals surface area contributed by atoms with Crippen molar-refractivity contribution in [2.24, 2.45) is 0 Å². The normalized spacial score (nSPS) is 35.5. The van der Waals surface area contributed by atoms with Gasteiger partial charge in [0.1, 0.15) is 0 Å². The number of rotatable bonds is 1. The molecule has 1 fully saturated rings. The summed E-state index contributed by atoms with van der Waals surface area (Å²) in [4.78, 5) is 13.0. The summed E-state index contributed by atoms with van der Waals surface area (Å²) >= 11 is 3.25. The van der Waals surface area contributed by atoms with Crippen molar-refractivity contribution >= 4 is 31.7 Å². The topological polar surface area (TPSA) is 54.5 Å². The van der Waals surface area contributed by atoms with Gasteiger partial charge in [-0.25, -0.2) is 8.42 Å². The Morgan fingerprint density at radius 3 is 2.64 bits per heavy atom. The molecule has 2 unspecified atom stereocenters. The minimum atomic E-state index is -3.06. The summed E-state index contributed by atoms with van der Waals surface area (Å²) in [6.07, 6.45) is 2.35. The van der Waals surface area contributed by atoms with E-state index in [9.17, 15) is 13.2 Å². The lowest BCUT2D eigenvalue weighted by atomic mass is 10.3. The van der Waals surface area contributed by atoms with Crippen LogP contribution in [-0.4, -0.2) is 42.4 Å². The van der Waals surface area contributed by atoms with Crippen molar-refractivity contribution in [2.75, 3.05) is 12.3 Å². The predicted octanol–water partition coefficient (Wildman–Crippen LogP) is 0.293. The number of hydrogen-bond acceptors (Lipinski definition) is 3. The minimum absolute atomic E-state index is 0.00301. The van der Waals surface area contributed by atoms with Gasteiger partial charge in [-0.05, 0) is 12.5 Å². The fourth-order valence-electron chi connectivity index (χ4n) is 1.75. The third-order valence-electron chi connectivity index (χ3n) is 2.49. The Morgan fingerprint density at radius 1 is 1.50 bits per heavy atom. The highest BCUT2D eigenvalue weighted by Gasteiger charge is 2.36. The third kappa shape index (κ3) is 1.72. The lowest BCUT2D eigenvalue weighted by Gasteiger charge is -2.21. The summed E-state index contributed by atoms with van der Waals surface area (Å²) in [6, 6.07) is -0.255. The number of alkyl halides is 1. The van der Waals surface area contributed by atoms with E-state index in [-0.39, 0.29) is 22.5 Å². The molecule has 78 valence electrons. The average molecular weight is 280 g/mol. The van der Waals surface area contributed by atoms with Gasteiger partial charge in [-0.15, -0.1) is 0 Å². The van der Waals surface area contributed by atoms with Crippen LogP contribution >= 0.6 is 15.9 Å². The molecule has 2 aliphatic heterocycles. The molecule has 2 aliphatic rings. The van der Waals surface area contributed by atoms with Gasteiger partial charge in [0.2, 0.25) is 5.91 Å². The highest BCUT2D eigenvalue weighted by Crippen LogP contribution is 2.24. The first-order valence-corrected chi connectivity index (χ1v) is 6.98. The minimum Gasteiger partial charge on any atom is -0.334 e. The summed E-state index contributed by atoms with van der Waals surface area (Å²) in [5, 5.41) is 1.20. The molecule has 1 amide bonds. The smallest absolute Gasteiger partial charge is 0.236 e. The van der Waals surface area contributed by atoms with Crippen LogP contribution in [0, 0.1) is 0 Å². The SMILES string of the molecule is O=C1C(Br)CCN1C1C=CS(=O)(=O)C1. The van der Waals surface area contributed by atoms with Gasteiger partial charge in [0.15, 0.2) is 9.84 Å². The Labute approximate surface area is 91.0 Å². The molecule has 1 saturated heterocycles. The lowest BCUT2D eigenvalue weighted by Crippen LogP contribution is -2.38. The van der Waals surface area contributed by atoms with Crippen molar-refractivity contribution < 1.29 is 13.2 Å². The maximum Gasteiger partial charge on any atom is 0.236 e. The Balaban J connectivity index is 2.13. The molecule has 2 rings (SSSR count). The fourth-order valence-corrected chi connectivity index (χ4v) is 3.52. The number of nitrogens with zero attached hydrogens (tertiary/aromatic N) is 1. The standard InChI is InChI=1S/C8H10BrNO3S/c9-7-1-3-10(8(7)11)6-2-4-14(12,13)5-6/h2,4,6-7H,1,3,5H2. The molecule has 0 aliphatic carbocycles. The van der Waals surface area contributed by atoms with Crippen LogP contribution in [0.4, 0.5) is 0 Å². The molecule has 0 aromatic rings. The second-order valence-corrected chi connectivity index (χ2v) is 6.55. The van der Waals surface area contributed by atoms with E-state index in [0.29, 0.717) is 6.54 Å². The van der Waals surface area contributed by atoms with Crippen LogP contribution in [0.15, 0.2) is 11.5 Å². The van der Waals surface area contributed by atoms with Crippen molar-refractivity contribution in [3.8, 4) is 0 Å². The van der Waals surface area contributed by atoms with Gasteiger partial charge >= 0.3 is 0 Å². The van der Waals surface area contributed by atoms with E-state index in [1.807, 2.05) is 0 Å². The molecule has 0 aromatic carbocycles. The van der Waals surface area contributed by atoms with Gasteiger partial charge in [-0.2, -0.15) is 0 Å². The van der Waals surface area contributed by atoms with Gasteiger partial charge in [0, 0.05) is 12.0 Å². The van der Waals surface area contributed by atoms with Crippen molar-refractivity contribution in [1.29, 1.82) is 0 Å². The zero-order valence-corrected chi connectivity index (χ0v) is 9.79. The first-order valence-electron chi connectivity index (χ1n) is 4.35. The maximum atomic E-state index is 11.6. The molecule has 0 radical (unpaired) electrons. The van der Waals surface area contributed by atoms with Crippen molar-refractivity contribution in [3.63, 3.8) is 0 Å². The van der Waals surface area contributed by atoms with E-state index >= 15 is 0 Å². The summed E-state index contributed by atoms with van der Waals surface area (Å²) in [5.41, 5.74) is 0. The number of carbonyl (C=O) groups is 1. The Bertz CT molecular complexity index is 389. The van der Waals surface area contributed by atoms with Crippen molar-refractivity contribution in [2.45, 2.75) is 17.3 Å². The molecule has 0 bridgehead atoms. The predicted molar refractivity (Wildman–Crippen MR) is 55.8 cm³/mol. The molecule has 0 N–H and O–H groups in total. The van der Waals surface area contributed by atoms with E-state index < -0.39 is 9.84 Å². The van der Waals surface area contributed by atoms with Crippen molar-refractivity contribution in [1.82, 2.24) is 4.90 Å². The molecule has 2 heterocycles. The molecule has 0 saturated carbocycles. The van der Waals surface area contributed by atoms with Crippen LogP contribution in [0.25, 0.3) is 0 Å². The molecule has 0 aromatic heterocycles. The largest absolute Gasteiger partial charge is 0.334 e. The third-order valence-corrected chi connectivity index (χ3v) is 4.71. The van der Waals surface area contributed by atoms with E-state index in [1.165, 1.54) is 5.41 Å². The number of amides is 1. The first-order chi connectivity index (χ1) is 6.49. The summed E-state index contributed by atoms with van der Waals surface area (Å²) < 4.78 is 22.3. The van der Waals surface area contributed by atoms with Gasteiger partial charge in [-0.1, -0.05) is 15.9 Å². The first kappa shape index (κ1) is 10.2. The maximum absolute atomic E-state index is 11.6. The molecule has 0 spiro atoms. The van der Waals surface area contributed by atoms with Gasteiger partial charge in [0.25, 0.3) is 0 Å². The van der Waals surface area contributed by atoms with Crippen molar-refractivity contribution in [3.05, 3.63) is 11.5 Å². The molecular formula is C8H10BrNO3S. The summed E-state index contributed by atoms with van der Waals surface area (Å²) in [7, 11) is -3.06. The second-order valence-electron chi connectivity index (χ2n) is 3.51. The average Bonchev–Trinajstić information content (AvgIpc) is 2.59. The fraction of sp³-hybridized carbons (Fsp3) is 0.625. The number of carbonyl (C=O) groups excluding carboxylic acids is 1. The summed E-state index contributed by atoms with van der Waals surface area (Å²) in [5.74, 6) is 0.0371. The zero-order valence-electron chi connectivity index (χ0n) is 7.39. The highest BCUT2D eigenvalue weighted by molar-refractivity contribution is 9.10. The van der Waals surface area contributed by atoms with Crippen LogP contribution in [0.2, 0.25) is 0 Å². The molecule has 6 heteroatoms. The van der Waals surface area contributed by atoms with Gasteiger partial charge in [-0.3, -0.25) is 4.79 Å². The molecule has 14 heavy (non-hydrogen) atoms. The number of halogens is 1. The Morgan fingerprint density at radius 2 is 2.21 bits per heavy atom. The monoisotopic (exact) mass is 279 g/mol. The highest BCUT2D eigenvalue weighted by atomic mass is 79.9. The van der Waals surface area contributed by atoms with E-state index in [0.717, 1.165) is 6.42 Å². The Kier molecular flexibility index (Phi) is 2.43. The van der Waals surface area contributed by atoms with Crippen LogP contribution in [0.1, 0.15) is 6.42 Å². The molecule has 4 nitrogen and oxygen atoms in total. The zero-order chi connectivity index (χ0) is 10.3. The van der Waals surface area contributed by atoms with Crippen LogP contribution in [0.5, 0.6) is 0 Å². The molecular weight excluding hydrogens is 270 g/mol. The van der Waals surface area contributed by atoms with Crippen LogP contribution in [-0.2, 0) is 14.6 Å². The summed E-state index contributed by atoms with van der Waals surface area (Å²) in [6.45, 7) is 0.638. The van der Waals surface area contributed by atoms with Gasteiger partial charge < -0.3 is 4.90 Å². The van der Waals surface area contributed by atoms with Crippen LogP contribution < -0.4 is 0 Å².